The summed E-state index contributed by atoms with van der Waals surface area (Å²) in [7, 11) is 0. The molecule has 3 N–H and O–H groups in total. The van der Waals surface area contributed by atoms with Crippen molar-refractivity contribution < 1.29 is 4.79 Å². The third kappa shape index (κ3) is 2.17. The van der Waals surface area contributed by atoms with E-state index in [2.05, 4.69) is 5.32 Å². The average Bonchev–Trinajstić information content (AvgIpc) is 2.98. The quantitative estimate of drug-likeness (QED) is 0.867. The highest BCUT2D eigenvalue weighted by Gasteiger charge is 2.27. The topological polar surface area (TPSA) is 55.1 Å². The van der Waals surface area contributed by atoms with Gasteiger partial charge in [-0.2, -0.15) is 0 Å². The lowest BCUT2D eigenvalue weighted by molar-refractivity contribution is -0.115. The molecular formula is C13H15ClN2O. The molecule has 1 aliphatic heterocycles. The van der Waals surface area contributed by atoms with Crippen molar-refractivity contribution in [2.24, 2.45) is 11.7 Å². The molecule has 0 bridgehead atoms. The molecule has 1 saturated carbocycles. The lowest BCUT2D eigenvalue weighted by Crippen LogP contribution is -2.12. The number of rotatable bonds is 3. The second-order valence-corrected chi connectivity index (χ2v) is 5.45. The second-order valence-electron chi connectivity index (χ2n) is 5.04. The number of halogens is 1. The molecule has 0 saturated heterocycles. The van der Waals surface area contributed by atoms with Gasteiger partial charge in [0.15, 0.2) is 0 Å². The van der Waals surface area contributed by atoms with Crippen LogP contribution in [0.3, 0.4) is 0 Å². The number of benzene rings is 1. The highest BCUT2D eigenvalue weighted by molar-refractivity contribution is 6.32. The average molecular weight is 251 g/mol. The summed E-state index contributed by atoms with van der Waals surface area (Å²) < 4.78 is 0. The van der Waals surface area contributed by atoms with Crippen molar-refractivity contribution in [1.82, 2.24) is 0 Å². The smallest absolute Gasteiger partial charge is 0.228 e. The lowest BCUT2D eigenvalue weighted by atomic mass is 9.99. The van der Waals surface area contributed by atoms with Crippen LogP contribution < -0.4 is 11.1 Å². The molecule has 1 aromatic rings. The number of carbonyl (C=O) groups excluding carboxylic acids is 1. The Hall–Kier alpha value is -1.06. The van der Waals surface area contributed by atoms with Crippen LogP contribution in [-0.2, 0) is 11.2 Å². The molecule has 2 aliphatic rings. The number of nitrogens with two attached hydrogens (primary N) is 1. The number of anilines is 1. The van der Waals surface area contributed by atoms with Gasteiger partial charge in [-0.1, -0.05) is 30.5 Å². The Kier molecular flexibility index (Phi) is 2.60. The van der Waals surface area contributed by atoms with E-state index < -0.39 is 0 Å². The summed E-state index contributed by atoms with van der Waals surface area (Å²) in [6.07, 6.45) is 4.02. The molecule has 0 radical (unpaired) electrons. The van der Waals surface area contributed by atoms with Gasteiger partial charge >= 0.3 is 0 Å². The highest BCUT2D eigenvalue weighted by Crippen LogP contribution is 2.39. The molecule has 1 amide bonds. The first-order valence-corrected chi connectivity index (χ1v) is 6.39. The molecule has 3 rings (SSSR count). The van der Waals surface area contributed by atoms with Crippen LogP contribution >= 0.6 is 11.6 Å². The standard InChI is InChI=1S/C13H15ClN2O/c14-10-6-12-8(5-13(17)16-12)4-9(10)11(15)3-7-1-2-7/h4,6-7,11H,1-3,5,15H2,(H,16,17). The minimum Gasteiger partial charge on any atom is -0.325 e. The van der Waals surface area contributed by atoms with Gasteiger partial charge in [-0.05, 0) is 29.5 Å². The maximum atomic E-state index is 11.3. The zero-order chi connectivity index (χ0) is 12.0. The van der Waals surface area contributed by atoms with Crippen LogP contribution in [0.25, 0.3) is 0 Å². The molecule has 3 nitrogen and oxygen atoms in total. The summed E-state index contributed by atoms with van der Waals surface area (Å²) >= 11 is 6.22. The van der Waals surface area contributed by atoms with Crippen LogP contribution in [0.15, 0.2) is 12.1 Å². The molecule has 1 aliphatic carbocycles. The fourth-order valence-corrected chi connectivity index (χ4v) is 2.69. The number of amides is 1. The number of hydrogen-bond acceptors (Lipinski definition) is 2. The highest BCUT2D eigenvalue weighted by atomic mass is 35.5. The third-order valence-electron chi connectivity index (χ3n) is 3.53. The Morgan fingerprint density at radius 1 is 1.47 bits per heavy atom. The molecule has 0 aromatic heterocycles. The maximum Gasteiger partial charge on any atom is 0.228 e. The van der Waals surface area contributed by atoms with Crippen molar-refractivity contribution in [2.75, 3.05) is 5.32 Å². The number of nitrogens with one attached hydrogen (secondary N) is 1. The third-order valence-corrected chi connectivity index (χ3v) is 3.86. The summed E-state index contributed by atoms with van der Waals surface area (Å²) in [6, 6.07) is 3.81. The van der Waals surface area contributed by atoms with Crippen molar-refractivity contribution >= 4 is 23.2 Å². The van der Waals surface area contributed by atoms with Gasteiger partial charge < -0.3 is 11.1 Å². The van der Waals surface area contributed by atoms with Crippen molar-refractivity contribution in [3.05, 3.63) is 28.3 Å². The Labute approximate surface area is 105 Å². The molecule has 17 heavy (non-hydrogen) atoms. The van der Waals surface area contributed by atoms with Gasteiger partial charge in [0.2, 0.25) is 5.91 Å². The molecule has 1 atom stereocenters. The summed E-state index contributed by atoms with van der Waals surface area (Å²) in [5.74, 6) is 0.804. The van der Waals surface area contributed by atoms with E-state index in [4.69, 9.17) is 17.3 Å². The van der Waals surface area contributed by atoms with E-state index in [1.807, 2.05) is 12.1 Å². The predicted octanol–water partition coefficient (Wildman–Crippen LogP) is 2.63. The van der Waals surface area contributed by atoms with Crippen molar-refractivity contribution in [3.63, 3.8) is 0 Å². The molecular weight excluding hydrogens is 236 g/mol. The Morgan fingerprint density at radius 3 is 2.94 bits per heavy atom. The number of fused-ring (bicyclic) bond motifs is 1. The summed E-state index contributed by atoms with van der Waals surface area (Å²) in [5.41, 5.74) is 9.01. The van der Waals surface area contributed by atoms with E-state index >= 15 is 0 Å². The minimum absolute atomic E-state index is 0.00370. The van der Waals surface area contributed by atoms with E-state index in [0.29, 0.717) is 11.4 Å². The van der Waals surface area contributed by atoms with Crippen LogP contribution in [0, 0.1) is 5.92 Å². The second kappa shape index (κ2) is 4.00. The van der Waals surface area contributed by atoms with Gasteiger partial charge in [0.1, 0.15) is 0 Å². The fraction of sp³-hybridized carbons (Fsp3) is 0.462. The van der Waals surface area contributed by atoms with E-state index in [0.717, 1.165) is 29.2 Å². The zero-order valence-corrected chi connectivity index (χ0v) is 10.3. The van der Waals surface area contributed by atoms with Crippen LogP contribution in [-0.4, -0.2) is 5.91 Å². The molecule has 1 heterocycles. The van der Waals surface area contributed by atoms with E-state index in [1.165, 1.54) is 12.8 Å². The van der Waals surface area contributed by atoms with E-state index in [1.54, 1.807) is 0 Å². The van der Waals surface area contributed by atoms with E-state index in [-0.39, 0.29) is 11.9 Å². The molecule has 1 unspecified atom stereocenters. The van der Waals surface area contributed by atoms with Crippen LogP contribution in [0.2, 0.25) is 5.02 Å². The lowest BCUT2D eigenvalue weighted by Gasteiger charge is -2.14. The molecule has 1 fully saturated rings. The minimum atomic E-state index is -0.00370. The fourth-order valence-electron chi connectivity index (χ4n) is 2.39. The summed E-state index contributed by atoms with van der Waals surface area (Å²) in [6.45, 7) is 0. The van der Waals surface area contributed by atoms with Gasteiger partial charge in [-0.15, -0.1) is 0 Å². The Bertz CT molecular complexity index is 483. The van der Waals surface area contributed by atoms with Crippen LogP contribution in [0.5, 0.6) is 0 Å². The first-order valence-electron chi connectivity index (χ1n) is 6.01. The molecule has 4 heteroatoms. The molecule has 1 aromatic carbocycles. The Balaban J connectivity index is 1.89. The Morgan fingerprint density at radius 2 is 2.24 bits per heavy atom. The summed E-state index contributed by atoms with van der Waals surface area (Å²) in [4.78, 5) is 11.3. The summed E-state index contributed by atoms with van der Waals surface area (Å²) in [5, 5.41) is 3.46. The van der Waals surface area contributed by atoms with Gasteiger partial charge in [0, 0.05) is 16.8 Å². The predicted molar refractivity (Wildman–Crippen MR) is 68.1 cm³/mol. The van der Waals surface area contributed by atoms with Crippen molar-refractivity contribution in [1.29, 1.82) is 0 Å². The largest absolute Gasteiger partial charge is 0.325 e. The first kappa shape index (κ1) is 11.1. The van der Waals surface area contributed by atoms with E-state index in [9.17, 15) is 4.79 Å². The zero-order valence-electron chi connectivity index (χ0n) is 9.50. The number of hydrogen-bond donors (Lipinski definition) is 2. The first-order chi connectivity index (χ1) is 8.13. The monoisotopic (exact) mass is 250 g/mol. The molecule has 90 valence electrons. The maximum absolute atomic E-state index is 11.3. The van der Waals surface area contributed by atoms with Gasteiger partial charge in [-0.3, -0.25) is 4.79 Å². The van der Waals surface area contributed by atoms with Gasteiger partial charge in [0.25, 0.3) is 0 Å². The number of carbonyl (C=O) groups is 1. The SMILES string of the molecule is NC(CC1CC1)c1cc2c(cc1Cl)NC(=O)C2. The normalized spacial score (nSPS) is 20.0. The van der Waals surface area contributed by atoms with Gasteiger partial charge in [0.05, 0.1) is 6.42 Å². The van der Waals surface area contributed by atoms with Crippen molar-refractivity contribution in [3.8, 4) is 0 Å². The van der Waals surface area contributed by atoms with Gasteiger partial charge in [-0.25, -0.2) is 0 Å². The van der Waals surface area contributed by atoms with Crippen LogP contribution in [0.1, 0.15) is 36.4 Å². The van der Waals surface area contributed by atoms with Crippen molar-refractivity contribution in [2.45, 2.75) is 31.7 Å². The van der Waals surface area contributed by atoms with Crippen LogP contribution in [0.4, 0.5) is 5.69 Å². The molecule has 0 spiro atoms.